The average Bonchev–Trinajstić information content (AvgIpc) is 3.29. The summed E-state index contributed by atoms with van der Waals surface area (Å²) in [6.45, 7) is 0. The van der Waals surface area contributed by atoms with Crippen molar-refractivity contribution in [3.8, 4) is 22.8 Å². The monoisotopic (exact) mass is 374 g/mol. The third kappa shape index (κ3) is 3.71. The maximum absolute atomic E-state index is 5.93. The first-order chi connectivity index (χ1) is 14.3. The van der Waals surface area contributed by atoms with Crippen LogP contribution in [0.2, 0.25) is 0 Å². The normalized spacial score (nSPS) is 11.3. The molecule has 0 N–H and O–H groups in total. The van der Waals surface area contributed by atoms with Gasteiger partial charge in [-0.1, -0.05) is 72.8 Å². The maximum atomic E-state index is 5.93. The summed E-state index contributed by atoms with van der Waals surface area (Å²) < 4.78 is 5.93. The van der Waals surface area contributed by atoms with Gasteiger partial charge < -0.3 is 4.42 Å². The molecule has 2 heterocycles. The molecule has 5 rings (SSSR count). The minimum atomic E-state index is 0.621. The highest BCUT2D eigenvalue weighted by Crippen LogP contribution is 2.26. The van der Waals surface area contributed by atoms with Crippen LogP contribution in [0.15, 0.2) is 102 Å². The lowest BCUT2D eigenvalue weighted by Gasteiger charge is -2.00. The molecule has 0 aliphatic carbocycles. The average molecular weight is 374 g/mol. The van der Waals surface area contributed by atoms with Gasteiger partial charge in [0.25, 0.3) is 0 Å². The van der Waals surface area contributed by atoms with Crippen molar-refractivity contribution >= 4 is 23.1 Å². The van der Waals surface area contributed by atoms with Crippen LogP contribution in [0.5, 0.6) is 0 Å². The van der Waals surface area contributed by atoms with E-state index < -0.39 is 0 Å². The number of pyridine rings is 1. The van der Waals surface area contributed by atoms with Gasteiger partial charge in [-0.15, -0.1) is 0 Å². The number of fused-ring (bicyclic) bond motifs is 1. The zero-order chi connectivity index (χ0) is 19.5. The summed E-state index contributed by atoms with van der Waals surface area (Å²) in [7, 11) is 0. The predicted octanol–water partition coefficient (Wildman–Crippen LogP) is 6.73. The number of hydrogen-bond donors (Lipinski definition) is 0. The fourth-order valence-electron chi connectivity index (χ4n) is 3.24. The van der Waals surface area contributed by atoms with Gasteiger partial charge in [0.2, 0.25) is 5.89 Å². The number of rotatable bonds is 4. The van der Waals surface area contributed by atoms with Crippen LogP contribution in [-0.2, 0) is 0 Å². The van der Waals surface area contributed by atoms with E-state index in [0.29, 0.717) is 5.89 Å². The second-order valence-electron chi connectivity index (χ2n) is 6.78. The van der Waals surface area contributed by atoms with Crippen LogP contribution in [-0.4, -0.2) is 9.97 Å². The molecule has 0 saturated heterocycles. The van der Waals surface area contributed by atoms with Gasteiger partial charge in [0, 0.05) is 16.5 Å². The zero-order valence-electron chi connectivity index (χ0n) is 15.7. The summed E-state index contributed by atoms with van der Waals surface area (Å²) in [5.74, 6) is 1.39. The summed E-state index contributed by atoms with van der Waals surface area (Å²) in [6, 6.07) is 30.4. The van der Waals surface area contributed by atoms with Crippen LogP contribution in [0, 0.1) is 0 Å². The Morgan fingerprint density at radius 1 is 0.655 bits per heavy atom. The lowest BCUT2D eigenvalue weighted by atomic mass is 10.1. The summed E-state index contributed by atoms with van der Waals surface area (Å²) >= 11 is 0. The Kier molecular flexibility index (Phi) is 4.47. The van der Waals surface area contributed by atoms with E-state index in [-0.39, 0.29) is 0 Å². The van der Waals surface area contributed by atoms with Crippen LogP contribution in [0.4, 0.5) is 0 Å². The Bertz CT molecular complexity index is 1290. The fourth-order valence-corrected chi connectivity index (χ4v) is 3.24. The maximum Gasteiger partial charge on any atom is 0.226 e. The smallest absolute Gasteiger partial charge is 0.226 e. The molecule has 2 aromatic heterocycles. The van der Waals surface area contributed by atoms with Gasteiger partial charge in [0.1, 0.15) is 0 Å². The molecule has 0 radical (unpaired) electrons. The standard InChI is InChI=1S/C26H18N2O/c1-2-7-21(8-3-1)25-18-27-26(29-25)22-13-10-19(11-14-22)12-16-23-17-15-20-6-4-5-9-24(20)28-23/h1-18H. The van der Waals surface area contributed by atoms with Crippen LogP contribution >= 0.6 is 0 Å². The molecule has 0 spiro atoms. The van der Waals surface area contributed by atoms with Gasteiger partial charge >= 0.3 is 0 Å². The van der Waals surface area contributed by atoms with Crippen molar-refractivity contribution in [2.75, 3.05) is 0 Å². The minimum Gasteiger partial charge on any atom is -0.436 e. The SMILES string of the molecule is C(=Cc1ccc2ccccc2n1)c1ccc(-c2ncc(-c3ccccc3)o2)cc1. The molecule has 29 heavy (non-hydrogen) atoms. The van der Waals surface area contributed by atoms with E-state index in [0.717, 1.165) is 39.0 Å². The quantitative estimate of drug-likeness (QED) is 0.350. The summed E-state index contributed by atoms with van der Waals surface area (Å²) in [5, 5.41) is 1.15. The third-order valence-corrected chi connectivity index (χ3v) is 4.79. The summed E-state index contributed by atoms with van der Waals surface area (Å²) in [4.78, 5) is 9.10. The van der Waals surface area contributed by atoms with E-state index >= 15 is 0 Å². The highest BCUT2D eigenvalue weighted by atomic mass is 16.4. The second kappa shape index (κ2) is 7.56. The fraction of sp³-hybridized carbons (Fsp3) is 0. The Morgan fingerprint density at radius 3 is 2.31 bits per heavy atom. The summed E-state index contributed by atoms with van der Waals surface area (Å²) in [6.07, 6.45) is 5.86. The molecule has 5 aromatic rings. The molecule has 0 fully saturated rings. The van der Waals surface area contributed by atoms with Gasteiger partial charge in [-0.2, -0.15) is 0 Å². The largest absolute Gasteiger partial charge is 0.436 e. The summed E-state index contributed by atoms with van der Waals surface area (Å²) in [5.41, 5.74) is 5.01. The highest BCUT2D eigenvalue weighted by molar-refractivity contribution is 5.81. The number of benzene rings is 3. The molecule has 0 aliphatic heterocycles. The number of para-hydroxylation sites is 1. The molecule has 138 valence electrons. The third-order valence-electron chi connectivity index (χ3n) is 4.79. The second-order valence-corrected chi connectivity index (χ2v) is 6.78. The molecule has 0 saturated carbocycles. The van der Waals surface area contributed by atoms with Crippen LogP contribution in [0.1, 0.15) is 11.3 Å². The first kappa shape index (κ1) is 17.1. The Hall–Kier alpha value is -3.98. The first-order valence-electron chi connectivity index (χ1n) is 9.51. The van der Waals surface area contributed by atoms with Crippen LogP contribution < -0.4 is 0 Å². The van der Waals surface area contributed by atoms with Crippen molar-refractivity contribution in [3.63, 3.8) is 0 Å². The van der Waals surface area contributed by atoms with Crippen molar-refractivity contribution < 1.29 is 4.42 Å². The van der Waals surface area contributed by atoms with E-state index in [2.05, 4.69) is 40.3 Å². The molecule has 3 heteroatoms. The molecule has 3 nitrogen and oxygen atoms in total. The Labute approximate surface area is 169 Å². The van der Waals surface area contributed by atoms with Crippen molar-refractivity contribution in [2.45, 2.75) is 0 Å². The van der Waals surface area contributed by atoms with E-state index in [1.807, 2.05) is 72.8 Å². The molecule has 0 unspecified atom stereocenters. The van der Waals surface area contributed by atoms with Crippen LogP contribution in [0.3, 0.4) is 0 Å². The predicted molar refractivity (Wildman–Crippen MR) is 118 cm³/mol. The Balaban J connectivity index is 1.34. The number of aromatic nitrogens is 2. The first-order valence-corrected chi connectivity index (χ1v) is 9.51. The molecular weight excluding hydrogens is 356 g/mol. The number of oxazole rings is 1. The van der Waals surface area contributed by atoms with E-state index in [9.17, 15) is 0 Å². The molecule has 0 amide bonds. The minimum absolute atomic E-state index is 0.621. The van der Waals surface area contributed by atoms with E-state index in [4.69, 9.17) is 4.42 Å². The van der Waals surface area contributed by atoms with Gasteiger partial charge in [0.15, 0.2) is 5.76 Å². The van der Waals surface area contributed by atoms with Crippen LogP contribution in [0.25, 0.3) is 45.8 Å². The lowest BCUT2D eigenvalue weighted by molar-refractivity contribution is 0.589. The number of nitrogens with zero attached hydrogens (tertiary/aromatic N) is 2. The van der Waals surface area contributed by atoms with Crippen molar-refractivity contribution in [3.05, 3.63) is 108 Å². The van der Waals surface area contributed by atoms with Crippen molar-refractivity contribution in [2.24, 2.45) is 0 Å². The van der Waals surface area contributed by atoms with E-state index in [1.165, 1.54) is 0 Å². The Morgan fingerprint density at radius 2 is 1.45 bits per heavy atom. The van der Waals surface area contributed by atoms with Gasteiger partial charge in [0.05, 0.1) is 17.4 Å². The van der Waals surface area contributed by atoms with E-state index in [1.54, 1.807) is 6.20 Å². The van der Waals surface area contributed by atoms with Crippen molar-refractivity contribution in [1.29, 1.82) is 0 Å². The highest BCUT2D eigenvalue weighted by Gasteiger charge is 2.08. The topological polar surface area (TPSA) is 38.9 Å². The lowest BCUT2D eigenvalue weighted by Crippen LogP contribution is -1.82. The van der Waals surface area contributed by atoms with Gasteiger partial charge in [-0.3, -0.25) is 0 Å². The molecular formula is C26H18N2O. The molecule has 3 aromatic carbocycles. The zero-order valence-corrected chi connectivity index (χ0v) is 15.7. The van der Waals surface area contributed by atoms with Crippen molar-refractivity contribution in [1.82, 2.24) is 9.97 Å². The molecule has 0 aliphatic rings. The molecule has 0 bridgehead atoms. The van der Waals surface area contributed by atoms with Gasteiger partial charge in [-0.25, -0.2) is 9.97 Å². The van der Waals surface area contributed by atoms with Gasteiger partial charge in [-0.05, 0) is 35.9 Å². The number of hydrogen-bond acceptors (Lipinski definition) is 3. The molecule has 0 atom stereocenters.